The number of aromatic nitrogens is 1. The van der Waals surface area contributed by atoms with Gasteiger partial charge in [0.2, 0.25) is 0 Å². The molecule has 0 saturated carbocycles. The Hall–Kier alpha value is -4.04. The molecule has 0 aliphatic carbocycles. The summed E-state index contributed by atoms with van der Waals surface area (Å²) >= 11 is 1.12. The van der Waals surface area contributed by atoms with Gasteiger partial charge < -0.3 is 9.84 Å². The Balaban J connectivity index is 1.70. The van der Waals surface area contributed by atoms with E-state index in [2.05, 4.69) is 4.98 Å². The lowest BCUT2D eigenvalue weighted by atomic mass is 9.93. The van der Waals surface area contributed by atoms with Crippen LogP contribution in [-0.4, -0.2) is 28.4 Å². The Morgan fingerprint density at radius 1 is 1.08 bits per heavy atom. The second-order valence-corrected chi connectivity index (χ2v) is 10.0. The van der Waals surface area contributed by atoms with E-state index in [1.807, 2.05) is 32.9 Å². The van der Waals surface area contributed by atoms with Crippen molar-refractivity contribution in [2.45, 2.75) is 33.2 Å². The van der Waals surface area contributed by atoms with Gasteiger partial charge in [-0.3, -0.25) is 14.5 Å². The van der Waals surface area contributed by atoms with Crippen LogP contribution in [0.3, 0.4) is 0 Å². The predicted octanol–water partition coefficient (Wildman–Crippen LogP) is 6.47. The zero-order valence-electron chi connectivity index (χ0n) is 20.6. The van der Waals surface area contributed by atoms with E-state index >= 15 is 0 Å². The van der Waals surface area contributed by atoms with E-state index in [1.54, 1.807) is 30.3 Å². The number of anilines is 1. The minimum Gasteiger partial charge on any atom is -0.507 e. The first kappa shape index (κ1) is 24.6. The van der Waals surface area contributed by atoms with Gasteiger partial charge in [-0.15, -0.1) is 0 Å². The quantitative estimate of drug-likeness (QED) is 0.181. The molecule has 0 spiro atoms. The molecule has 5 rings (SSSR count). The molecule has 0 radical (unpaired) electrons. The standard InChI is InChI=1S/C29H25FN2O4S/c1-4-13-36-20-10-7-18(8-11-20)25-24(26(33)21-14-16(2)5-6-17(21)3)27(34)28(35)32(25)29-31-22-12-9-19(30)15-23(22)37-29/h5-12,14-15,25,33H,4,13H2,1-3H3. The van der Waals surface area contributed by atoms with Crippen LogP contribution in [0.25, 0.3) is 16.0 Å². The molecule has 3 aromatic carbocycles. The van der Waals surface area contributed by atoms with Crippen LogP contribution >= 0.6 is 11.3 Å². The molecular formula is C29H25FN2O4S. The molecule has 188 valence electrons. The summed E-state index contributed by atoms with van der Waals surface area (Å²) < 4.78 is 20.1. The molecule has 1 N–H and O–H groups in total. The highest BCUT2D eigenvalue weighted by Crippen LogP contribution is 2.45. The number of fused-ring (bicyclic) bond motifs is 1. The number of Topliss-reactive ketones (excluding diaryl/α,β-unsaturated/α-hetero) is 1. The van der Waals surface area contributed by atoms with Crippen LogP contribution in [0, 0.1) is 19.7 Å². The van der Waals surface area contributed by atoms with E-state index in [4.69, 9.17) is 4.74 Å². The third-order valence-corrected chi connectivity index (χ3v) is 7.32. The molecule has 1 aromatic heterocycles. The fourth-order valence-electron chi connectivity index (χ4n) is 4.44. The van der Waals surface area contributed by atoms with Crippen molar-refractivity contribution >= 4 is 44.1 Å². The number of ether oxygens (including phenoxy) is 1. The van der Waals surface area contributed by atoms with E-state index < -0.39 is 23.5 Å². The number of hydrogen-bond acceptors (Lipinski definition) is 6. The smallest absolute Gasteiger partial charge is 0.301 e. The van der Waals surface area contributed by atoms with E-state index in [9.17, 15) is 19.1 Å². The summed E-state index contributed by atoms with van der Waals surface area (Å²) in [5.41, 5.74) is 3.26. The molecule has 37 heavy (non-hydrogen) atoms. The van der Waals surface area contributed by atoms with Gasteiger partial charge in [-0.25, -0.2) is 9.37 Å². The second kappa shape index (κ2) is 9.78. The summed E-state index contributed by atoms with van der Waals surface area (Å²) in [6.07, 6.45) is 0.857. The van der Waals surface area contributed by atoms with Crippen LogP contribution in [0.1, 0.15) is 41.6 Å². The number of rotatable bonds is 6. The number of halogens is 1. The maximum Gasteiger partial charge on any atom is 0.301 e. The van der Waals surface area contributed by atoms with Crippen LogP contribution in [-0.2, 0) is 9.59 Å². The fourth-order valence-corrected chi connectivity index (χ4v) is 5.45. The lowest BCUT2D eigenvalue weighted by molar-refractivity contribution is -0.132. The Labute approximate surface area is 217 Å². The summed E-state index contributed by atoms with van der Waals surface area (Å²) in [4.78, 5) is 32.7. The van der Waals surface area contributed by atoms with Crippen molar-refractivity contribution in [2.75, 3.05) is 11.5 Å². The van der Waals surface area contributed by atoms with Gasteiger partial charge in [0.05, 0.1) is 28.4 Å². The average Bonchev–Trinajstić information content (AvgIpc) is 3.41. The summed E-state index contributed by atoms with van der Waals surface area (Å²) in [5, 5.41) is 11.7. The number of hydrogen-bond donors (Lipinski definition) is 1. The van der Waals surface area contributed by atoms with E-state index in [0.29, 0.717) is 33.7 Å². The van der Waals surface area contributed by atoms with Crippen molar-refractivity contribution in [3.63, 3.8) is 0 Å². The number of carbonyl (C=O) groups excluding carboxylic acids is 2. The van der Waals surface area contributed by atoms with Gasteiger partial charge >= 0.3 is 5.91 Å². The van der Waals surface area contributed by atoms with Crippen molar-refractivity contribution < 1.29 is 23.8 Å². The third kappa shape index (κ3) is 4.49. The third-order valence-electron chi connectivity index (χ3n) is 6.31. The van der Waals surface area contributed by atoms with Crippen molar-refractivity contribution in [3.05, 3.63) is 94.3 Å². The molecule has 1 fully saturated rings. The molecular weight excluding hydrogens is 491 g/mol. The molecule has 4 aromatic rings. The summed E-state index contributed by atoms with van der Waals surface area (Å²) in [6, 6.07) is 15.9. The van der Waals surface area contributed by atoms with Crippen molar-refractivity contribution in [2.24, 2.45) is 0 Å². The SMILES string of the molecule is CCCOc1ccc(C2C(=C(O)c3cc(C)ccc3C)C(=O)C(=O)N2c2nc3ccc(F)cc3s2)cc1. The van der Waals surface area contributed by atoms with Crippen molar-refractivity contribution in [1.29, 1.82) is 0 Å². The van der Waals surface area contributed by atoms with Gasteiger partial charge in [0.1, 0.15) is 17.3 Å². The number of aliphatic hydroxyl groups is 1. The Bertz CT molecular complexity index is 1560. The van der Waals surface area contributed by atoms with Crippen molar-refractivity contribution in [1.82, 2.24) is 4.98 Å². The normalized spacial score (nSPS) is 17.1. The number of carbonyl (C=O) groups is 2. The number of aryl methyl sites for hydroxylation is 2. The van der Waals surface area contributed by atoms with Gasteiger partial charge in [-0.05, 0) is 67.8 Å². The molecule has 6 nitrogen and oxygen atoms in total. The molecule has 1 unspecified atom stereocenters. The number of ketones is 1. The molecule has 2 heterocycles. The monoisotopic (exact) mass is 516 g/mol. The molecule has 1 aliphatic heterocycles. The van der Waals surface area contributed by atoms with E-state index in [1.165, 1.54) is 23.1 Å². The molecule has 1 saturated heterocycles. The van der Waals surface area contributed by atoms with Gasteiger partial charge in [-0.2, -0.15) is 0 Å². The molecule has 1 aliphatic rings. The molecule has 8 heteroatoms. The van der Waals surface area contributed by atoms with Gasteiger partial charge in [-0.1, -0.05) is 48.1 Å². The largest absolute Gasteiger partial charge is 0.507 e. The van der Waals surface area contributed by atoms with Crippen LogP contribution in [0.4, 0.5) is 9.52 Å². The first-order valence-electron chi connectivity index (χ1n) is 12.0. The van der Waals surface area contributed by atoms with Crippen molar-refractivity contribution in [3.8, 4) is 5.75 Å². The van der Waals surface area contributed by atoms with Crippen LogP contribution in [0.5, 0.6) is 5.75 Å². The van der Waals surface area contributed by atoms with Gasteiger partial charge in [0.15, 0.2) is 5.13 Å². The first-order chi connectivity index (χ1) is 17.8. The second-order valence-electron chi connectivity index (χ2n) is 9.01. The Morgan fingerprint density at radius 2 is 1.84 bits per heavy atom. The Morgan fingerprint density at radius 3 is 2.57 bits per heavy atom. The van der Waals surface area contributed by atoms with E-state index in [0.717, 1.165) is 28.9 Å². The summed E-state index contributed by atoms with van der Waals surface area (Å²) in [7, 11) is 0. The summed E-state index contributed by atoms with van der Waals surface area (Å²) in [6.45, 7) is 6.30. The lowest BCUT2D eigenvalue weighted by Gasteiger charge is -2.23. The Kier molecular flexibility index (Phi) is 6.52. The zero-order chi connectivity index (χ0) is 26.3. The first-order valence-corrected chi connectivity index (χ1v) is 12.8. The minimum absolute atomic E-state index is 0.0219. The molecule has 0 bridgehead atoms. The lowest BCUT2D eigenvalue weighted by Crippen LogP contribution is -2.29. The predicted molar refractivity (Wildman–Crippen MR) is 143 cm³/mol. The maximum atomic E-state index is 13.8. The number of thiazole rings is 1. The maximum absolute atomic E-state index is 13.8. The van der Waals surface area contributed by atoms with Crippen LogP contribution in [0.15, 0.2) is 66.2 Å². The topological polar surface area (TPSA) is 79.7 Å². The van der Waals surface area contributed by atoms with E-state index in [-0.39, 0.29) is 16.5 Å². The number of aliphatic hydroxyl groups excluding tert-OH is 1. The number of amides is 1. The van der Waals surface area contributed by atoms with Gasteiger partial charge in [0, 0.05) is 5.56 Å². The molecule has 1 amide bonds. The average molecular weight is 517 g/mol. The highest BCUT2D eigenvalue weighted by atomic mass is 32.1. The number of benzene rings is 3. The minimum atomic E-state index is -0.925. The van der Waals surface area contributed by atoms with Gasteiger partial charge in [0.25, 0.3) is 5.78 Å². The number of nitrogens with zero attached hydrogens (tertiary/aromatic N) is 2. The molecule has 1 atom stereocenters. The van der Waals surface area contributed by atoms with Crippen LogP contribution in [0.2, 0.25) is 0 Å². The fraction of sp³-hybridized carbons (Fsp3) is 0.207. The highest BCUT2D eigenvalue weighted by molar-refractivity contribution is 7.22. The zero-order valence-corrected chi connectivity index (χ0v) is 21.4. The van der Waals surface area contributed by atoms with Crippen LogP contribution < -0.4 is 9.64 Å². The summed E-state index contributed by atoms with van der Waals surface area (Å²) in [5.74, 6) is -1.61. The highest BCUT2D eigenvalue weighted by Gasteiger charge is 2.48.